The molecule has 0 aromatic carbocycles. The molecule has 98 valence electrons. The first-order valence-electron chi connectivity index (χ1n) is 6.83. The molecule has 1 aliphatic carbocycles. The average Bonchev–Trinajstić information content (AvgIpc) is 2.32. The molecule has 1 rings (SSSR count). The quantitative estimate of drug-likeness (QED) is 0.688. The van der Waals surface area contributed by atoms with Gasteiger partial charge >= 0.3 is 0 Å². The van der Waals surface area contributed by atoms with Gasteiger partial charge in [0.15, 0.2) is 0 Å². The Morgan fingerprint density at radius 3 is 2.41 bits per heavy atom. The Morgan fingerprint density at radius 2 is 1.88 bits per heavy atom. The number of aliphatic hydroxyl groups excluding tert-OH is 1. The van der Waals surface area contributed by atoms with Crippen LogP contribution in [0.1, 0.15) is 32.6 Å². The molecule has 0 aliphatic heterocycles. The average molecular weight is 237 g/mol. The van der Waals surface area contributed by atoms with E-state index >= 15 is 0 Å². The van der Waals surface area contributed by atoms with Gasteiger partial charge in [0.1, 0.15) is 0 Å². The molecule has 2 heteroatoms. The third-order valence-corrected chi connectivity index (χ3v) is 3.90. The van der Waals surface area contributed by atoms with Crippen molar-refractivity contribution in [3.8, 4) is 0 Å². The lowest BCUT2D eigenvalue weighted by Gasteiger charge is -2.35. The van der Waals surface area contributed by atoms with Crippen LogP contribution in [-0.4, -0.2) is 35.7 Å². The zero-order valence-corrected chi connectivity index (χ0v) is 11.1. The molecule has 0 heterocycles. The summed E-state index contributed by atoms with van der Waals surface area (Å²) >= 11 is 0. The van der Waals surface area contributed by atoms with Crippen LogP contribution < -0.4 is 0 Å². The van der Waals surface area contributed by atoms with Crippen LogP contribution in [-0.2, 0) is 0 Å². The third kappa shape index (κ3) is 4.64. The molecule has 1 N–H and O–H groups in total. The molecular formula is C15H27NO. The molecule has 0 radical (unpaired) electrons. The van der Waals surface area contributed by atoms with E-state index in [1.165, 1.54) is 19.3 Å². The van der Waals surface area contributed by atoms with Gasteiger partial charge in [-0.15, -0.1) is 13.2 Å². The van der Waals surface area contributed by atoms with Crippen LogP contribution in [0, 0.1) is 11.8 Å². The number of aliphatic hydroxyl groups is 1. The predicted molar refractivity (Wildman–Crippen MR) is 74.0 cm³/mol. The van der Waals surface area contributed by atoms with Crippen LogP contribution in [0.15, 0.2) is 25.3 Å². The molecule has 1 saturated carbocycles. The molecule has 0 aromatic rings. The maximum Gasteiger partial charge on any atom is 0.0580 e. The molecule has 0 saturated heterocycles. The summed E-state index contributed by atoms with van der Waals surface area (Å²) in [6.07, 6.45) is 8.31. The number of hydrogen-bond donors (Lipinski definition) is 1. The Labute approximate surface area is 106 Å². The summed E-state index contributed by atoms with van der Waals surface area (Å²) in [5, 5.41) is 10.1. The fourth-order valence-corrected chi connectivity index (χ4v) is 2.83. The topological polar surface area (TPSA) is 23.5 Å². The molecule has 17 heavy (non-hydrogen) atoms. The zero-order chi connectivity index (χ0) is 12.7. The normalized spacial score (nSPS) is 29.2. The van der Waals surface area contributed by atoms with Gasteiger partial charge in [0.2, 0.25) is 0 Å². The van der Waals surface area contributed by atoms with Crippen molar-refractivity contribution < 1.29 is 5.11 Å². The Morgan fingerprint density at radius 1 is 1.24 bits per heavy atom. The van der Waals surface area contributed by atoms with E-state index in [2.05, 4.69) is 25.0 Å². The lowest BCUT2D eigenvalue weighted by molar-refractivity contribution is 0.0304. The van der Waals surface area contributed by atoms with Crippen molar-refractivity contribution in [1.29, 1.82) is 0 Å². The second kappa shape index (κ2) is 7.67. The largest absolute Gasteiger partial charge is 0.393 e. The molecule has 3 unspecified atom stereocenters. The number of nitrogens with zero attached hydrogens (tertiary/aromatic N) is 1. The van der Waals surface area contributed by atoms with E-state index < -0.39 is 0 Å². The highest BCUT2D eigenvalue weighted by Crippen LogP contribution is 2.31. The second-order valence-corrected chi connectivity index (χ2v) is 5.21. The zero-order valence-electron chi connectivity index (χ0n) is 11.1. The van der Waals surface area contributed by atoms with Crippen molar-refractivity contribution in [2.75, 3.05) is 19.6 Å². The maximum absolute atomic E-state index is 10.1. The molecule has 2 nitrogen and oxygen atoms in total. The minimum Gasteiger partial charge on any atom is -0.393 e. The maximum atomic E-state index is 10.1. The van der Waals surface area contributed by atoms with Crippen molar-refractivity contribution in [1.82, 2.24) is 4.90 Å². The van der Waals surface area contributed by atoms with Gasteiger partial charge in [-0.1, -0.05) is 25.5 Å². The van der Waals surface area contributed by atoms with Crippen LogP contribution in [0.4, 0.5) is 0 Å². The minimum absolute atomic E-state index is 0.116. The van der Waals surface area contributed by atoms with Crippen LogP contribution in [0.3, 0.4) is 0 Å². The molecule has 1 fully saturated rings. The van der Waals surface area contributed by atoms with E-state index in [1.54, 1.807) is 0 Å². The van der Waals surface area contributed by atoms with Crippen molar-refractivity contribution >= 4 is 0 Å². The van der Waals surface area contributed by atoms with Gasteiger partial charge in [0.05, 0.1) is 6.10 Å². The molecule has 1 aliphatic rings. The Hall–Kier alpha value is -0.600. The summed E-state index contributed by atoms with van der Waals surface area (Å²) in [4.78, 5) is 2.31. The highest BCUT2D eigenvalue weighted by molar-refractivity contribution is 4.86. The standard InChI is InChI=1S/C15H27NO/c1-4-9-16(10-5-2)12-14-11-13(6-3)7-8-15(14)17/h4-5,13-15,17H,1-2,6-12H2,3H3. The van der Waals surface area contributed by atoms with Gasteiger partial charge in [-0.05, 0) is 31.1 Å². The Bertz CT molecular complexity index is 229. The number of rotatable bonds is 7. The predicted octanol–water partition coefficient (Wildman–Crippen LogP) is 2.85. The first-order chi connectivity index (χ1) is 8.21. The van der Waals surface area contributed by atoms with Crippen molar-refractivity contribution in [2.24, 2.45) is 11.8 Å². The lowest BCUT2D eigenvalue weighted by atomic mass is 9.78. The van der Waals surface area contributed by atoms with Gasteiger partial charge in [0, 0.05) is 19.6 Å². The fourth-order valence-electron chi connectivity index (χ4n) is 2.83. The smallest absolute Gasteiger partial charge is 0.0580 e. The SMILES string of the molecule is C=CCN(CC=C)CC1CC(CC)CCC1O. The monoisotopic (exact) mass is 237 g/mol. The third-order valence-electron chi connectivity index (χ3n) is 3.90. The van der Waals surface area contributed by atoms with Crippen molar-refractivity contribution in [2.45, 2.75) is 38.7 Å². The summed E-state index contributed by atoms with van der Waals surface area (Å²) in [6.45, 7) is 12.6. The highest BCUT2D eigenvalue weighted by atomic mass is 16.3. The molecule has 3 atom stereocenters. The molecule has 0 amide bonds. The van der Waals surface area contributed by atoms with E-state index in [9.17, 15) is 5.11 Å². The van der Waals surface area contributed by atoms with Gasteiger partial charge in [-0.3, -0.25) is 4.90 Å². The molecule has 0 bridgehead atoms. The Kier molecular flexibility index (Phi) is 6.53. The second-order valence-electron chi connectivity index (χ2n) is 5.21. The molecular weight excluding hydrogens is 210 g/mol. The number of hydrogen-bond acceptors (Lipinski definition) is 2. The first kappa shape index (κ1) is 14.5. The van der Waals surface area contributed by atoms with Gasteiger partial charge < -0.3 is 5.11 Å². The van der Waals surface area contributed by atoms with E-state index in [0.717, 1.165) is 32.0 Å². The first-order valence-corrected chi connectivity index (χ1v) is 6.83. The van der Waals surface area contributed by atoms with Crippen LogP contribution in [0.2, 0.25) is 0 Å². The summed E-state index contributed by atoms with van der Waals surface area (Å²) in [7, 11) is 0. The van der Waals surface area contributed by atoms with Crippen molar-refractivity contribution in [3.05, 3.63) is 25.3 Å². The van der Waals surface area contributed by atoms with Crippen LogP contribution >= 0.6 is 0 Å². The summed E-state index contributed by atoms with van der Waals surface area (Å²) < 4.78 is 0. The summed E-state index contributed by atoms with van der Waals surface area (Å²) in [5.74, 6) is 1.23. The van der Waals surface area contributed by atoms with Crippen LogP contribution in [0.25, 0.3) is 0 Å². The molecule has 0 aromatic heterocycles. The summed E-state index contributed by atoms with van der Waals surface area (Å²) in [5.41, 5.74) is 0. The van der Waals surface area contributed by atoms with Gasteiger partial charge in [-0.2, -0.15) is 0 Å². The lowest BCUT2D eigenvalue weighted by Crippen LogP contribution is -2.39. The van der Waals surface area contributed by atoms with Gasteiger partial charge in [0.25, 0.3) is 0 Å². The van der Waals surface area contributed by atoms with E-state index in [-0.39, 0.29) is 6.10 Å². The fraction of sp³-hybridized carbons (Fsp3) is 0.733. The van der Waals surface area contributed by atoms with Crippen molar-refractivity contribution in [3.63, 3.8) is 0 Å². The van der Waals surface area contributed by atoms with E-state index in [0.29, 0.717) is 5.92 Å². The van der Waals surface area contributed by atoms with E-state index in [1.807, 2.05) is 12.2 Å². The molecule has 0 spiro atoms. The van der Waals surface area contributed by atoms with Crippen LogP contribution in [0.5, 0.6) is 0 Å². The highest BCUT2D eigenvalue weighted by Gasteiger charge is 2.29. The Balaban J connectivity index is 2.49. The minimum atomic E-state index is -0.116. The summed E-state index contributed by atoms with van der Waals surface area (Å²) in [6, 6.07) is 0. The van der Waals surface area contributed by atoms with Gasteiger partial charge in [-0.25, -0.2) is 0 Å². The van der Waals surface area contributed by atoms with E-state index in [4.69, 9.17) is 0 Å².